The van der Waals surface area contributed by atoms with E-state index in [0.29, 0.717) is 12.5 Å². The van der Waals surface area contributed by atoms with E-state index >= 15 is 0 Å². The number of aliphatic hydroxyl groups excluding tert-OH is 1. The van der Waals surface area contributed by atoms with E-state index in [0.717, 1.165) is 49.4 Å². The van der Waals surface area contributed by atoms with Crippen LogP contribution in [0.1, 0.15) is 54.9 Å². The molecule has 1 fully saturated rings. The summed E-state index contributed by atoms with van der Waals surface area (Å²) in [6.07, 6.45) is 1.57. The predicted molar refractivity (Wildman–Crippen MR) is 120 cm³/mol. The van der Waals surface area contributed by atoms with Crippen molar-refractivity contribution in [2.24, 2.45) is 0 Å². The zero-order valence-electron chi connectivity index (χ0n) is 18.4. The van der Waals surface area contributed by atoms with E-state index in [1.807, 2.05) is 19.1 Å². The minimum Gasteiger partial charge on any atom is -0.483 e. The van der Waals surface area contributed by atoms with Gasteiger partial charge in [0.1, 0.15) is 5.75 Å². The summed E-state index contributed by atoms with van der Waals surface area (Å²) >= 11 is 0. The lowest BCUT2D eigenvalue weighted by molar-refractivity contribution is -0.123. The Morgan fingerprint density at radius 2 is 1.80 bits per heavy atom. The molecule has 0 bridgehead atoms. The molecule has 0 atom stereocenters. The number of nitrogens with zero attached hydrogens (tertiary/aromatic N) is 1. The van der Waals surface area contributed by atoms with E-state index in [9.17, 15) is 9.90 Å². The van der Waals surface area contributed by atoms with Crippen LogP contribution in [0.3, 0.4) is 0 Å². The average Bonchev–Trinajstić information content (AvgIpc) is 2.74. The molecule has 162 valence electrons. The standard InChI is InChI=1S/C25H34N2O3/c1-18(2)22-9-4-19(3)24(14-22)30-17-25(29)26-15-20-5-7-21(8-6-20)16-27-12-10-23(28)11-13-27/h4-9,14,18,23,28H,10-13,15-17H2,1-3H3,(H,26,29). The van der Waals surface area contributed by atoms with Gasteiger partial charge in [-0.2, -0.15) is 0 Å². The maximum absolute atomic E-state index is 12.2. The fourth-order valence-electron chi connectivity index (χ4n) is 3.62. The molecule has 2 N–H and O–H groups in total. The number of aliphatic hydroxyl groups is 1. The van der Waals surface area contributed by atoms with Gasteiger partial charge in [0.2, 0.25) is 0 Å². The second kappa shape index (κ2) is 10.6. The molecule has 0 aromatic heterocycles. The Kier molecular flexibility index (Phi) is 7.88. The summed E-state index contributed by atoms with van der Waals surface area (Å²) in [6.45, 7) is 9.57. The van der Waals surface area contributed by atoms with Crippen molar-refractivity contribution in [2.75, 3.05) is 19.7 Å². The third-order valence-electron chi connectivity index (χ3n) is 5.71. The molecule has 1 heterocycles. The molecule has 3 rings (SSSR count). The number of carbonyl (C=O) groups is 1. The molecule has 1 aliphatic rings. The van der Waals surface area contributed by atoms with Gasteiger partial charge >= 0.3 is 0 Å². The van der Waals surface area contributed by atoms with Crippen LogP contribution in [0.15, 0.2) is 42.5 Å². The SMILES string of the molecule is Cc1ccc(C(C)C)cc1OCC(=O)NCc1ccc(CN2CCC(O)CC2)cc1. The van der Waals surface area contributed by atoms with Crippen molar-refractivity contribution in [1.82, 2.24) is 10.2 Å². The van der Waals surface area contributed by atoms with Crippen LogP contribution in [0.4, 0.5) is 0 Å². The van der Waals surface area contributed by atoms with Crippen LogP contribution >= 0.6 is 0 Å². The van der Waals surface area contributed by atoms with Crippen molar-refractivity contribution >= 4 is 5.91 Å². The van der Waals surface area contributed by atoms with Gasteiger partial charge in [0.05, 0.1) is 6.10 Å². The molecule has 0 saturated carbocycles. The molecule has 1 saturated heterocycles. The summed E-state index contributed by atoms with van der Waals surface area (Å²) in [4.78, 5) is 14.6. The van der Waals surface area contributed by atoms with E-state index in [-0.39, 0.29) is 18.6 Å². The molecule has 0 radical (unpaired) electrons. The molecular formula is C25H34N2O3. The number of amides is 1. The van der Waals surface area contributed by atoms with E-state index in [1.165, 1.54) is 11.1 Å². The van der Waals surface area contributed by atoms with Crippen molar-refractivity contribution < 1.29 is 14.6 Å². The predicted octanol–water partition coefficient (Wildman–Crippen LogP) is 3.77. The first-order valence-corrected chi connectivity index (χ1v) is 10.9. The van der Waals surface area contributed by atoms with Crippen molar-refractivity contribution in [3.8, 4) is 5.75 Å². The number of benzene rings is 2. The second-order valence-electron chi connectivity index (χ2n) is 8.57. The minimum atomic E-state index is -0.140. The fourth-order valence-corrected chi connectivity index (χ4v) is 3.62. The van der Waals surface area contributed by atoms with Crippen LogP contribution < -0.4 is 10.1 Å². The Hall–Kier alpha value is -2.37. The van der Waals surface area contributed by atoms with Gasteiger partial charge in [-0.1, -0.05) is 50.2 Å². The highest BCUT2D eigenvalue weighted by molar-refractivity contribution is 5.77. The Balaban J connectivity index is 1.43. The first kappa shape index (κ1) is 22.3. The average molecular weight is 411 g/mol. The first-order valence-electron chi connectivity index (χ1n) is 10.9. The number of ether oxygens (including phenoxy) is 1. The van der Waals surface area contributed by atoms with Crippen molar-refractivity contribution in [2.45, 2.75) is 58.7 Å². The number of aryl methyl sites for hydroxylation is 1. The van der Waals surface area contributed by atoms with E-state index < -0.39 is 0 Å². The normalized spacial score (nSPS) is 15.4. The lowest BCUT2D eigenvalue weighted by Gasteiger charge is -2.29. The molecule has 1 aliphatic heterocycles. The van der Waals surface area contributed by atoms with Gasteiger partial charge in [0.25, 0.3) is 5.91 Å². The molecular weight excluding hydrogens is 376 g/mol. The largest absolute Gasteiger partial charge is 0.483 e. The topological polar surface area (TPSA) is 61.8 Å². The number of rotatable bonds is 8. The van der Waals surface area contributed by atoms with Gasteiger partial charge in [0, 0.05) is 26.2 Å². The van der Waals surface area contributed by atoms with Crippen LogP contribution in [0.25, 0.3) is 0 Å². The smallest absolute Gasteiger partial charge is 0.258 e. The van der Waals surface area contributed by atoms with Gasteiger partial charge in [-0.05, 0) is 54.0 Å². The number of carbonyl (C=O) groups excluding carboxylic acids is 1. The third-order valence-corrected chi connectivity index (χ3v) is 5.71. The summed E-state index contributed by atoms with van der Waals surface area (Å²) in [5.41, 5.74) is 4.56. The first-order chi connectivity index (χ1) is 14.4. The third kappa shape index (κ3) is 6.57. The van der Waals surface area contributed by atoms with E-state index in [1.54, 1.807) is 0 Å². The fraction of sp³-hybridized carbons (Fsp3) is 0.480. The van der Waals surface area contributed by atoms with Crippen LogP contribution in [-0.4, -0.2) is 41.7 Å². The Morgan fingerprint density at radius 3 is 2.47 bits per heavy atom. The van der Waals surface area contributed by atoms with Crippen LogP contribution in [0.5, 0.6) is 5.75 Å². The molecule has 2 aromatic carbocycles. The quantitative estimate of drug-likeness (QED) is 0.695. The maximum atomic E-state index is 12.2. The highest BCUT2D eigenvalue weighted by Gasteiger charge is 2.16. The van der Waals surface area contributed by atoms with Gasteiger partial charge in [-0.15, -0.1) is 0 Å². The monoisotopic (exact) mass is 410 g/mol. The summed E-state index contributed by atoms with van der Waals surface area (Å²) in [7, 11) is 0. The number of nitrogens with one attached hydrogen (secondary N) is 1. The van der Waals surface area contributed by atoms with Crippen LogP contribution in [0, 0.1) is 6.92 Å². The van der Waals surface area contributed by atoms with Gasteiger partial charge in [-0.3, -0.25) is 9.69 Å². The van der Waals surface area contributed by atoms with Crippen molar-refractivity contribution in [1.29, 1.82) is 0 Å². The molecule has 1 amide bonds. The maximum Gasteiger partial charge on any atom is 0.258 e. The van der Waals surface area contributed by atoms with Crippen molar-refractivity contribution in [3.63, 3.8) is 0 Å². The van der Waals surface area contributed by atoms with Crippen LogP contribution in [-0.2, 0) is 17.9 Å². The highest BCUT2D eigenvalue weighted by atomic mass is 16.5. The van der Waals surface area contributed by atoms with E-state index in [4.69, 9.17) is 4.74 Å². The Morgan fingerprint density at radius 1 is 1.13 bits per heavy atom. The number of hydrogen-bond acceptors (Lipinski definition) is 4. The molecule has 30 heavy (non-hydrogen) atoms. The van der Waals surface area contributed by atoms with E-state index in [2.05, 4.69) is 54.4 Å². The van der Waals surface area contributed by atoms with Crippen molar-refractivity contribution in [3.05, 3.63) is 64.7 Å². The van der Waals surface area contributed by atoms with Gasteiger partial charge in [0.15, 0.2) is 6.61 Å². The van der Waals surface area contributed by atoms with Gasteiger partial charge < -0.3 is 15.2 Å². The molecule has 5 heteroatoms. The number of piperidine rings is 1. The molecule has 0 spiro atoms. The lowest BCUT2D eigenvalue weighted by Crippen LogP contribution is -2.35. The summed E-state index contributed by atoms with van der Waals surface area (Å²) in [5.74, 6) is 1.07. The number of hydrogen-bond donors (Lipinski definition) is 2. The zero-order chi connectivity index (χ0) is 21.5. The Bertz CT molecular complexity index is 825. The number of likely N-dealkylation sites (tertiary alicyclic amines) is 1. The van der Waals surface area contributed by atoms with Crippen LogP contribution in [0.2, 0.25) is 0 Å². The summed E-state index contributed by atoms with van der Waals surface area (Å²) < 4.78 is 5.75. The second-order valence-corrected chi connectivity index (χ2v) is 8.57. The Labute approximate surface area is 180 Å². The zero-order valence-corrected chi connectivity index (χ0v) is 18.4. The summed E-state index contributed by atoms with van der Waals surface area (Å²) in [5, 5.41) is 12.5. The lowest BCUT2D eigenvalue weighted by atomic mass is 10.0. The molecule has 2 aromatic rings. The van der Waals surface area contributed by atoms with Gasteiger partial charge in [-0.25, -0.2) is 0 Å². The highest BCUT2D eigenvalue weighted by Crippen LogP contribution is 2.24. The molecule has 0 aliphatic carbocycles. The molecule has 5 nitrogen and oxygen atoms in total. The summed E-state index contributed by atoms with van der Waals surface area (Å²) in [6, 6.07) is 14.5. The minimum absolute atomic E-state index is 0.0152. The molecule has 0 unspecified atom stereocenters.